The summed E-state index contributed by atoms with van der Waals surface area (Å²) >= 11 is 7.45. The normalized spacial score (nSPS) is 40.1. The minimum atomic E-state index is -1.63. The molecule has 0 saturated heterocycles. The monoisotopic (exact) mass is 536 g/mol. The van der Waals surface area contributed by atoms with E-state index in [1.165, 1.54) is 6.08 Å². The molecule has 4 rings (SSSR count). The fraction of sp³-hybridized carbons (Fsp3) is 0.714. The molecule has 7 atom stereocenters. The maximum atomic E-state index is 13.7. The molecular weight excluding hydrogens is 500 g/mol. The summed E-state index contributed by atoms with van der Waals surface area (Å²) in [6.07, 6.45) is 5.73. The van der Waals surface area contributed by atoms with Crippen molar-refractivity contribution in [3.8, 4) is 0 Å². The number of aliphatic hydroxyl groups is 1. The first-order valence-electron chi connectivity index (χ1n) is 13.3. The van der Waals surface area contributed by atoms with Crippen LogP contribution in [0.15, 0.2) is 23.8 Å². The van der Waals surface area contributed by atoms with E-state index in [9.17, 15) is 24.3 Å². The van der Waals surface area contributed by atoms with Gasteiger partial charge in [-0.05, 0) is 62.5 Å². The number of ether oxygens (including phenoxy) is 3. The van der Waals surface area contributed by atoms with Crippen LogP contribution in [-0.4, -0.2) is 58.6 Å². The number of hydrogen-bond donors (Lipinski definition) is 1. The van der Waals surface area contributed by atoms with Crippen LogP contribution in [0.1, 0.15) is 72.6 Å². The fourth-order valence-corrected chi connectivity index (χ4v) is 8.13. The highest BCUT2D eigenvalue weighted by Gasteiger charge is 2.74. The van der Waals surface area contributed by atoms with Gasteiger partial charge in [-0.15, -0.1) is 11.6 Å². The molecular formula is C28H37ClO8. The Bertz CT molecular complexity index is 1050. The topological polar surface area (TPSA) is 116 Å². The number of hydrogen-bond acceptors (Lipinski definition) is 8. The summed E-state index contributed by atoms with van der Waals surface area (Å²) in [4.78, 5) is 49.3. The Kier molecular flexibility index (Phi) is 7.40. The number of halogens is 1. The molecule has 0 radical (unpaired) electrons. The van der Waals surface area contributed by atoms with Gasteiger partial charge in [-0.1, -0.05) is 39.3 Å². The zero-order valence-corrected chi connectivity index (χ0v) is 22.8. The maximum Gasteiger partial charge on any atom is 0.509 e. The van der Waals surface area contributed by atoms with Crippen molar-refractivity contribution >= 4 is 35.3 Å². The molecule has 0 amide bonds. The van der Waals surface area contributed by atoms with Crippen molar-refractivity contribution in [2.45, 2.75) is 89.2 Å². The smallest absolute Gasteiger partial charge is 0.457 e. The second-order valence-electron chi connectivity index (χ2n) is 11.3. The van der Waals surface area contributed by atoms with Gasteiger partial charge in [0.15, 0.2) is 18.0 Å². The van der Waals surface area contributed by atoms with Gasteiger partial charge in [-0.25, -0.2) is 4.79 Å². The van der Waals surface area contributed by atoms with Crippen molar-refractivity contribution in [3.63, 3.8) is 0 Å². The summed E-state index contributed by atoms with van der Waals surface area (Å²) in [7, 11) is 0. The average molecular weight is 537 g/mol. The highest BCUT2D eigenvalue weighted by molar-refractivity contribution is 6.26. The minimum absolute atomic E-state index is 0.0903. The Balaban J connectivity index is 1.74. The Hall–Kier alpha value is -2.19. The maximum absolute atomic E-state index is 13.7. The van der Waals surface area contributed by atoms with E-state index in [1.54, 1.807) is 13.0 Å². The molecule has 0 bridgehead atoms. The summed E-state index contributed by atoms with van der Waals surface area (Å²) in [5.41, 5.74) is -2.44. The molecule has 0 aliphatic heterocycles. The van der Waals surface area contributed by atoms with Crippen LogP contribution in [-0.2, 0) is 28.6 Å². The van der Waals surface area contributed by atoms with Gasteiger partial charge in [0.2, 0.25) is 5.78 Å². The zero-order valence-electron chi connectivity index (χ0n) is 22.0. The molecule has 0 heterocycles. The molecule has 3 fully saturated rings. The molecule has 4 aliphatic carbocycles. The average Bonchev–Trinajstić information content (AvgIpc) is 3.14. The van der Waals surface area contributed by atoms with Crippen molar-refractivity contribution in [3.05, 3.63) is 23.8 Å². The highest BCUT2D eigenvalue weighted by Crippen LogP contribution is 2.71. The molecule has 1 N–H and O–H groups in total. The summed E-state index contributed by atoms with van der Waals surface area (Å²) in [5.74, 6) is -1.52. The number of carbonyl (C=O) groups excluding carboxylic acids is 4. The largest absolute Gasteiger partial charge is 0.509 e. The predicted molar refractivity (Wildman–Crippen MR) is 135 cm³/mol. The van der Waals surface area contributed by atoms with Crippen molar-refractivity contribution < 1.29 is 38.5 Å². The Labute approximate surface area is 222 Å². The van der Waals surface area contributed by atoms with Crippen LogP contribution in [0.3, 0.4) is 0 Å². The van der Waals surface area contributed by atoms with E-state index in [2.05, 4.69) is 0 Å². The minimum Gasteiger partial charge on any atom is -0.457 e. The van der Waals surface area contributed by atoms with Crippen LogP contribution < -0.4 is 0 Å². The van der Waals surface area contributed by atoms with Gasteiger partial charge in [0.1, 0.15) is 0 Å². The van der Waals surface area contributed by atoms with Gasteiger partial charge < -0.3 is 19.3 Å². The lowest BCUT2D eigenvalue weighted by atomic mass is 9.45. The molecule has 9 heteroatoms. The van der Waals surface area contributed by atoms with Crippen molar-refractivity contribution in [1.29, 1.82) is 0 Å². The van der Waals surface area contributed by atoms with E-state index >= 15 is 0 Å². The van der Waals surface area contributed by atoms with Crippen LogP contribution in [0, 0.1) is 22.7 Å². The van der Waals surface area contributed by atoms with Crippen LogP contribution in [0.25, 0.3) is 0 Å². The molecule has 0 aromatic carbocycles. The Morgan fingerprint density at radius 2 is 1.86 bits per heavy atom. The third-order valence-corrected chi connectivity index (χ3v) is 10.5. The Morgan fingerprint density at radius 1 is 1.14 bits per heavy atom. The second-order valence-corrected chi connectivity index (χ2v) is 11.9. The van der Waals surface area contributed by atoms with Crippen molar-refractivity contribution in [2.24, 2.45) is 22.7 Å². The van der Waals surface area contributed by atoms with Crippen LogP contribution >= 0.6 is 11.6 Å². The number of esters is 1. The van der Waals surface area contributed by atoms with E-state index in [4.69, 9.17) is 25.8 Å². The molecule has 8 nitrogen and oxygen atoms in total. The van der Waals surface area contributed by atoms with Gasteiger partial charge in [0, 0.05) is 17.3 Å². The summed E-state index contributed by atoms with van der Waals surface area (Å²) < 4.78 is 16.2. The van der Waals surface area contributed by atoms with E-state index < -0.39 is 51.9 Å². The molecule has 1 unspecified atom stereocenters. The summed E-state index contributed by atoms with van der Waals surface area (Å²) in [6, 6.07) is 0. The number of carbonyl (C=O) groups is 4. The molecule has 37 heavy (non-hydrogen) atoms. The molecule has 0 aromatic heterocycles. The van der Waals surface area contributed by atoms with Crippen LogP contribution in [0.5, 0.6) is 0 Å². The lowest BCUT2D eigenvalue weighted by Crippen LogP contribution is -2.69. The standard InChI is InChI=1S/C28H37ClO8/c1-5-13-35-24(34)37-27(22(32)16-36-23(33)6-2)12-10-19-20-8-7-17-14-18(30)9-11-25(17,3)28(20,29)21(31)15-26(19,27)4/h9,11,14,19-21,31H,5-8,10,12-13,15-16H2,1-4H3/t19-,20-,21?,25-,26-,27-,28-/m0/s1. The van der Waals surface area contributed by atoms with Crippen molar-refractivity contribution in [2.75, 3.05) is 13.2 Å². The summed E-state index contributed by atoms with van der Waals surface area (Å²) in [5, 5.41) is 11.7. The van der Waals surface area contributed by atoms with Crippen LogP contribution in [0.4, 0.5) is 4.79 Å². The third kappa shape index (κ3) is 4.06. The third-order valence-electron chi connectivity index (χ3n) is 9.55. The number of Topliss-reactive ketones (excluding diaryl/α,β-unsaturated/α-hetero) is 1. The lowest BCUT2D eigenvalue weighted by molar-refractivity contribution is -0.182. The molecule has 0 spiro atoms. The molecule has 4 aliphatic rings. The van der Waals surface area contributed by atoms with Gasteiger partial charge in [-0.2, -0.15) is 0 Å². The van der Waals surface area contributed by atoms with Crippen LogP contribution in [0.2, 0.25) is 0 Å². The first-order chi connectivity index (χ1) is 17.4. The number of aliphatic hydroxyl groups excluding tert-OH is 1. The van der Waals surface area contributed by atoms with Crippen molar-refractivity contribution in [1.82, 2.24) is 0 Å². The zero-order chi connectivity index (χ0) is 27.2. The van der Waals surface area contributed by atoms with Gasteiger partial charge in [-0.3, -0.25) is 14.4 Å². The van der Waals surface area contributed by atoms with Gasteiger partial charge in [0.25, 0.3) is 0 Å². The number of rotatable bonds is 7. The van der Waals surface area contributed by atoms with E-state index in [0.29, 0.717) is 25.7 Å². The molecule has 204 valence electrons. The SMILES string of the molecule is CCCOC(=O)O[C@]1(C(=O)COC(=O)CC)CC[C@H]2[C@@H]3CCC4=CC(=O)C=C[C@]4(C)[C@@]3(Cl)C(O)C[C@@]21C. The first kappa shape index (κ1) is 27.8. The van der Waals surface area contributed by atoms with E-state index in [-0.39, 0.29) is 43.5 Å². The van der Waals surface area contributed by atoms with E-state index in [0.717, 1.165) is 5.57 Å². The molecule has 3 saturated carbocycles. The number of ketones is 2. The Morgan fingerprint density at radius 3 is 2.54 bits per heavy atom. The van der Waals surface area contributed by atoms with E-state index in [1.807, 2.05) is 26.8 Å². The van der Waals surface area contributed by atoms with Gasteiger partial charge in [0.05, 0.1) is 17.6 Å². The number of allylic oxidation sites excluding steroid dienone is 4. The molecule has 0 aromatic rings. The van der Waals surface area contributed by atoms with Gasteiger partial charge >= 0.3 is 12.1 Å². The number of alkyl halides is 1. The first-order valence-corrected chi connectivity index (χ1v) is 13.6. The second kappa shape index (κ2) is 9.84. The number of fused-ring (bicyclic) bond motifs is 5. The lowest BCUT2D eigenvalue weighted by Gasteiger charge is -2.63. The summed E-state index contributed by atoms with van der Waals surface area (Å²) in [6.45, 7) is 6.92. The quantitative estimate of drug-likeness (QED) is 0.374. The fourth-order valence-electron chi connectivity index (χ4n) is 7.60. The predicted octanol–water partition coefficient (Wildman–Crippen LogP) is 4.45. The highest BCUT2D eigenvalue weighted by atomic mass is 35.5.